The third-order valence-corrected chi connectivity index (χ3v) is 0. The van der Waals surface area contributed by atoms with Gasteiger partial charge in [0.2, 0.25) is 0 Å². The van der Waals surface area contributed by atoms with E-state index in [1.54, 1.807) is 0 Å². The Hall–Kier alpha value is 0.550. The van der Waals surface area contributed by atoms with Crippen molar-refractivity contribution in [2.45, 2.75) is 0 Å². The molecule has 0 amide bonds. The van der Waals surface area contributed by atoms with Crippen LogP contribution in [0, 0.1) is 0 Å². The summed E-state index contributed by atoms with van der Waals surface area (Å²) in [4.78, 5) is 0. The fourth-order valence-electron chi connectivity index (χ4n) is 0. The summed E-state index contributed by atoms with van der Waals surface area (Å²) in [5.41, 5.74) is 9.24. The van der Waals surface area contributed by atoms with Gasteiger partial charge in [-0.1, -0.05) is 0 Å². The first-order chi connectivity index (χ1) is 1.73. The first-order valence-electron chi connectivity index (χ1n) is 0.781. The molecule has 6 radical (unpaired) electrons. The Morgan fingerprint density at radius 2 is 1.17 bits per heavy atom. The van der Waals surface area contributed by atoms with Crippen molar-refractivity contribution in [3.05, 3.63) is 0 Å². The molecule has 0 fully saturated rings. The highest BCUT2D eigenvalue weighted by Crippen LogP contribution is 1.32. The van der Waals surface area contributed by atoms with Crippen LogP contribution in [0.3, 0.4) is 0 Å². The maximum absolute atomic E-state index is 4.62. The molecule has 0 rings (SSSR count). The smallest absolute Gasteiger partial charge is 0.160 e. The lowest BCUT2D eigenvalue weighted by Crippen LogP contribution is -2.18. The Morgan fingerprint density at radius 1 is 1.17 bits per heavy atom. The Morgan fingerprint density at radius 3 is 1.17 bits per heavy atom. The van der Waals surface area contributed by atoms with E-state index >= 15 is 0 Å². The highest BCUT2D eigenvalue weighted by molar-refractivity contribution is 7.80. The van der Waals surface area contributed by atoms with E-state index in [2.05, 4.69) is 23.7 Å². The number of hydrogen-bond acceptors (Lipinski definition) is 1. The van der Waals surface area contributed by atoms with Crippen molar-refractivity contribution in [1.29, 1.82) is 0 Å². The van der Waals surface area contributed by atoms with Gasteiger partial charge < -0.3 is 11.5 Å². The second-order valence-corrected chi connectivity index (χ2v) is 0.874. The fraction of sp³-hybridized carbons (Fsp3) is 0. The first-order valence-corrected chi connectivity index (χ1v) is 1.19. The summed E-state index contributed by atoms with van der Waals surface area (Å²) in [6.45, 7) is 0. The van der Waals surface area contributed by atoms with Crippen molar-refractivity contribution in [2.75, 3.05) is 0 Å². The van der Waals surface area contributed by atoms with Crippen molar-refractivity contribution in [1.82, 2.24) is 0 Å². The quantitative estimate of drug-likeness (QED) is 0.386. The molecule has 0 aliphatic carbocycles. The van der Waals surface area contributed by atoms with Crippen molar-refractivity contribution < 1.29 is 0 Å². The number of nitrogens with two attached hydrogens (primary N) is 2. The lowest BCUT2D eigenvalue weighted by molar-refractivity contribution is 1.65. The molecule has 5 heteroatoms. The molecule has 0 spiro atoms. The predicted octanol–water partition coefficient (Wildman–Crippen LogP) is 0.911. The van der Waals surface area contributed by atoms with E-state index in [0.717, 1.165) is 0 Å². The molecule has 0 aromatic carbocycles. The molecule has 0 bridgehead atoms. The minimum Gasteiger partial charge on any atom is -0.377 e. The van der Waals surface area contributed by atoms with Gasteiger partial charge in [-0.15, -0.1) is 0 Å². The van der Waals surface area contributed by atoms with Gasteiger partial charge in [-0.2, -0.15) is 0 Å². The van der Waals surface area contributed by atoms with E-state index in [1.807, 2.05) is 0 Å². The van der Waals surface area contributed by atoms with Crippen LogP contribution in [-0.2, 0) is 0 Å². The molecule has 2 nitrogen and oxygen atoms in total. The van der Waals surface area contributed by atoms with Gasteiger partial charge in [0.1, 0.15) is 0 Å². The molecular formula is CH4N2P2S. The third-order valence-electron chi connectivity index (χ3n) is 0. The second-order valence-electron chi connectivity index (χ2n) is 0.402. The SMILES string of the molecule is NC(N)=S.[P].[P]. The lowest BCUT2D eigenvalue weighted by atomic mass is 11.3. The van der Waals surface area contributed by atoms with Gasteiger partial charge in [-0.05, 0) is 12.2 Å². The van der Waals surface area contributed by atoms with Gasteiger partial charge in [-0.3, -0.25) is 0 Å². The Labute approximate surface area is 49.3 Å². The third kappa shape index (κ3) is 190. The molecule has 0 aliphatic heterocycles. The maximum Gasteiger partial charge on any atom is 0.160 e. The zero-order valence-electron chi connectivity index (χ0n) is 2.96. The monoisotopic (exact) mass is 138 g/mol. The number of rotatable bonds is 0. The molecule has 0 saturated heterocycles. The van der Waals surface area contributed by atoms with Crippen molar-refractivity contribution >= 4 is 37.1 Å². The summed E-state index contributed by atoms with van der Waals surface area (Å²) >= 11 is 4.09. The first kappa shape index (κ1) is 16.0. The van der Waals surface area contributed by atoms with Crippen LogP contribution in [0.1, 0.15) is 0 Å². The van der Waals surface area contributed by atoms with E-state index in [0.29, 0.717) is 0 Å². The second kappa shape index (κ2) is 9.12. The van der Waals surface area contributed by atoms with Crippen molar-refractivity contribution in [3.8, 4) is 0 Å². The largest absolute Gasteiger partial charge is 0.377 e. The molecule has 0 aromatic rings. The molecule has 4 N–H and O–H groups in total. The predicted molar refractivity (Wildman–Crippen MR) is 34.8 cm³/mol. The van der Waals surface area contributed by atoms with Gasteiger partial charge in [0.25, 0.3) is 0 Å². The van der Waals surface area contributed by atoms with E-state index in [1.165, 1.54) is 0 Å². The lowest BCUT2D eigenvalue weighted by Gasteiger charge is -1.68. The summed E-state index contributed by atoms with van der Waals surface area (Å²) in [5.74, 6) is 0. The summed E-state index contributed by atoms with van der Waals surface area (Å²) in [5, 5.41) is 0.000000000000000222. The Bertz CT molecular complexity index is 34.5. The van der Waals surface area contributed by atoms with E-state index in [-0.39, 0.29) is 24.9 Å². The minimum atomic E-state index is 0. The van der Waals surface area contributed by atoms with E-state index in [9.17, 15) is 0 Å². The van der Waals surface area contributed by atoms with Crippen LogP contribution in [0.25, 0.3) is 0 Å². The number of hydrogen-bond donors (Lipinski definition) is 2. The highest BCUT2D eigenvalue weighted by atomic mass is 32.1. The number of thiocarbonyl (C=S) groups is 1. The zero-order valence-corrected chi connectivity index (χ0v) is 5.56. The zero-order chi connectivity index (χ0) is 3.58. The molecule has 0 atom stereocenters. The summed E-state index contributed by atoms with van der Waals surface area (Å²) < 4.78 is 0. The van der Waals surface area contributed by atoms with Gasteiger partial charge >= 0.3 is 0 Å². The molecule has 0 aliphatic rings. The highest BCUT2D eigenvalue weighted by Gasteiger charge is 1.53. The molecule has 6 heavy (non-hydrogen) atoms. The van der Waals surface area contributed by atoms with Crippen molar-refractivity contribution in [3.63, 3.8) is 0 Å². The maximum atomic E-state index is 4.62. The fourth-order valence-corrected chi connectivity index (χ4v) is 0. The Kier molecular flexibility index (Phi) is 24.3. The normalized spacial score (nSPS) is 4.00. The van der Waals surface area contributed by atoms with Gasteiger partial charge in [0.05, 0.1) is 0 Å². The van der Waals surface area contributed by atoms with Gasteiger partial charge in [0, 0.05) is 19.8 Å². The van der Waals surface area contributed by atoms with Crippen LogP contribution < -0.4 is 11.5 Å². The van der Waals surface area contributed by atoms with Crippen LogP contribution in [0.4, 0.5) is 0 Å². The standard InChI is InChI=1S/CH4N2S.2P/c2-1(3)4;;/h(H4,2,3,4);;. The van der Waals surface area contributed by atoms with Gasteiger partial charge in [0.15, 0.2) is 5.11 Å². The van der Waals surface area contributed by atoms with Gasteiger partial charge in [-0.25, -0.2) is 0 Å². The molecule has 0 heterocycles. The topological polar surface area (TPSA) is 52.0 Å². The molecular weight excluding hydrogens is 134 g/mol. The van der Waals surface area contributed by atoms with E-state index in [4.69, 9.17) is 0 Å². The average molecular weight is 138 g/mol. The average Bonchev–Trinajstić information content (AvgIpc) is 0.811. The van der Waals surface area contributed by atoms with Crippen LogP contribution in [0.2, 0.25) is 0 Å². The molecule has 0 saturated carbocycles. The van der Waals surface area contributed by atoms with Crippen LogP contribution in [-0.4, -0.2) is 5.11 Å². The summed E-state index contributed by atoms with van der Waals surface area (Å²) in [6, 6.07) is 0. The molecule has 0 unspecified atom stereocenters. The van der Waals surface area contributed by atoms with Crippen molar-refractivity contribution in [2.24, 2.45) is 11.5 Å². The summed E-state index contributed by atoms with van der Waals surface area (Å²) in [7, 11) is 0. The molecule has 34 valence electrons. The van der Waals surface area contributed by atoms with E-state index < -0.39 is 0 Å². The van der Waals surface area contributed by atoms with Crippen LogP contribution in [0.5, 0.6) is 0 Å². The Balaban J connectivity index is -0.0000000450. The summed E-state index contributed by atoms with van der Waals surface area (Å²) in [6.07, 6.45) is 0. The van der Waals surface area contributed by atoms with Crippen LogP contribution >= 0.6 is 32.0 Å². The minimum absolute atomic E-state index is 0. The van der Waals surface area contributed by atoms with Crippen LogP contribution in [0.15, 0.2) is 0 Å². The molecule has 0 aromatic heterocycles.